The number of nitrogens with zero attached hydrogens (tertiary/aromatic N) is 3. The Morgan fingerprint density at radius 3 is 2.36 bits per heavy atom. The standard InChI is InChI=1S/C22H26BrN5O3S2/c1-15(22(2,3)29)25-20-19(23)14-24-21(27-20)26-16-10-12-17(13-11-16)32(4)28-33(30,31)18-8-6-5-7-9-18/h5-15,29H,1-4H3,(H2,24,25,26,27)/t15-,32+/m1/s1. The van der Waals surface area contributed by atoms with Gasteiger partial charge in [0.2, 0.25) is 5.95 Å². The second kappa shape index (κ2) is 10.3. The number of aliphatic hydroxyl groups is 1. The van der Waals surface area contributed by atoms with Crippen LogP contribution in [0, 0.1) is 0 Å². The first-order valence-electron chi connectivity index (χ1n) is 10.0. The molecule has 0 amide bonds. The molecule has 3 N–H and O–H groups in total. The molecule has 0 aliphatic rings. The van der Waals surface area contributed by atoms with Crippen molar-refractivity contribution in [1.82, 2.24) is 9.97 Å². The van der Waals surface area contributed by atoms with Gasteiger partial charge in [0.1, 0.15) is 5.82 Å². The van der Waals surface area contributed by atoms with Gasteiger partial charge in [-0.2, -0.15) is 13.4 Å². The van der Waals surface area contributed by atoms with Crippen LogP contribution >= 0.6 is 15.9 Å². The first-order chi connectivity index (χ1) is 15.5. The van der Waals surface area contributed by atoms with Crippen molar-refractivity contribution in [1.29, 1.82) is 0 Å². The molecule has 1 aromatic heterocycles. The van der Waals surface area contributed by atoms with Crippen molar-refractivity contribution in [2.75, 3.05) is 16.9 Å². The number of hydrogen-bond donors (Lipinski definition) is 3. The highest BCUT2D eigenvalue weighted by atomic mass is 79.9. The molecule has 0 radical (unpaired) electrons. The summed E-state index contributed by atoms with van der Waals surface area (Å²) in [4.78, 5) is 9.72. The van der Waals surface area contributed by atoms with Crippen molar-refractivity contribution in [2.24, 2.45) is 3.77 Å². The van der Waals surface area contributed by atoms with E-state index in [2.05, 4.69) is 40.3 Å². The zero-order chi connectivity index (χ0) is 24.2. The highest BCUT2D eigenvalue weighted by Gasteiger charge is 2.23. The summed E-state index contributed by atoms with van der Waals surface area (Å²) in [6.45, 7) is 5.31. The van der Waals surface area contributed by atoms with Crippen LogP contribution in [0.25, 0.3) is 0 Å². The average Bonchev–Trinajstić information content (AvgIpc) is 2.76. The molecule has 11 heteroatoms. The molecule has 3 aromatic rings. The van der Waals surface area contributed by atoms with Gasteiger partial charge in [-0.25, -0.2) is 4.98 Å². The Morgan fingerprint density at radius 2 is 1.76 bits per heavy atom. The van der Waals surface area contributed by atoms with Gasteiger partial charge in [-0.15, -0.1) is 3.77 Å². The Morgan fingerprint density at radius 1 is 1.12 bits per heavy atom. The van der Waals surface area contributed by atoms with E-state index in [9.17, 15) is 13.5 Å². The van der Waals surface area contributed by atoms with E-state index in [0.29, 0.717) is 16.2 Å². The quantitative estimate of drug-likeness (QED) is 0.370. The summed E-state index contributed by atoms with van der Waals surface area (Å²) in [5, 5.41) is 16.5. The summed E-state index contributed by atoms with van der Waals surface area (Å²) in [6.07, 6.45) is 3.39. The Bertz CT molecular complexity index is 1250. The zero-order valence-corrected chi connectivity index (χ0v) is 21.9. The predicted octanol–water partition coefficient (Wildman–Crippen LogP) is 4.73. The van der Waals surface area contributed by atoms with Gasteiger partial charge < -0.3 is 15.7 Å². The molecule has 0 saturated carbocycles. The maximum absolute atomic E-state index is 12.5. The van der Waals surface area contributed by atoms with E-state index in [0.717, 1.165) is 10.6 Å². The van der Waals surface area contributed by atoms with Crippen molar-refractivity contribution < 1.29 is 13.5 Å². The Hall–Kier alpha value is -2.34. The van der Waals surface area contributed by atoms with E-state index >= 15 is 0 Å². The van der Waals surface area contributed by atoms with Gasteiger partial charge in [-0.05, 0) is 79.4 Å². The lowest BCUT2D eigenvalue weighted by atomic mass is 10.0. The highest BCUT2D eigenvalue weighted by Crippen LogP contribution is 2.25. The third kappa shape index (κ3) is 6.83. The van der Waals surface area contributed by atoms with Gasteiger partial charge in [0.25, 0.3) is 10.0 Å². The Labute approximate surface area is 205 Å². The number of benzene rings is 2. The molecule has 2 atom stereocenters. The average molecular weight is 553 g/mol. The van der Waals surface area contributed by atoms with Gasteiger partial charge in [0.05, 0.1) is 21.0 Å². The largest absolute Gasteiger partial charge is 0.388 e. The van der Waals surface area contributed by atoms with Gasteiger partial charge in [0, 0.05) is 16.8 Å². The predicted molar refractivity (Wildman–Crippen MR) is 136 cm³/mol. The van der Waals surface area contributed by atoms with Crippen molar-refractivity contribution in [2.45, 2.75) is 42.2 Å². The number of aromatic nitrogens is 2. The van der Waals surface area contributed by atoms with Gasteiger partial charge in [0.15, 0.2) is 0 Å². The van der Waals surface area contributed by atoms with Crippen molar-refractivity contribution in [3.05, 3.63) is 65.3 Å². The molecule has 0 unspecified atom stereocenters. The molecule has 176 valence electrons. The Balaban J connectivity index is 1.75. The molecule has 0 fully saturated rings. The lowest BCUT2D eigenvalue weighted by Crippen LogP contribution is -2.39. The van der Waals surface area contributed by atoms with Gasteiger partial charge >= 0.3 is 0 Å². The Kier molecular flexibility index (Phi) is 7.88. The van der Waals surface area contributed by atoms with Crippen molar-refractivity contribution >= 4 is 54.1 Å². The number of hydrogen-bond acceptors (Lipinski definition) is 7. The summed E-state index contributed by atoms with van der Waals surface area (Å²) in [5.41, 5.74) is -0.185. The number of halogens is 1. The molecular weight excluding hydrogens is 526 g/mol. The van der Waals surface area contributed by atoms with Crippen LogP contribution in [0.15, 0.2) is 78.8 Å². The molecule has 0 saturated heterocycles. The number of nitrogens with one attached hydrogen (secondary N) is 2. The van der Waals surface area contributed by atoms with Crippen LogP contribution in [0.4, 0.5) is 17.5 Å². The van der Waals surface area contributed by atoms with Gasteiger partial charge in [-0.1, -0.05) is 28.9 Å². The third-order valence-electron chi connectivity index (χ3n) is 4.86. The molecule has 1 heterocycles. The second-order valence-electron chi connectivity index (χ2n) is 7.90. The van der Waals surface area contributed by atoms with E-state index in [1.165, 1.54) is 12.1 Å². The van der Waals surface area contributed by atoms with Gasteiger partial charge in [-0.3, -0.25) is 0 Å². The summed E-state index contributed by atoms with van der Waals surface area (Å²) in [7, 11) is -4.57. The maximum Gasteiger partial charge on any atom is 0.288 e. The fourth-order valence-electron chi connectivity index (χ4n) is 2.60. The van der Waals surface area contributed by atoms with E-state index in [1.54, 1.807) is 44.5 Å². The topological polar surface area (TPSA) is 117 Å². The summed E-state index contributed by atoms with van der Waals surface area (Å²) in [5.74, 6) is 0.932. The lowest BCUT2D eigenvalue weighted by molar-refractivity contribution is 0.0647. The number of anilines is 3. The molecule has 0 spiro atoms. The molecule has 2 aromatic carbocycles. The van der Waals surface area contributed by atoms with E-state index < -0.39 is 26.3 Å². The SMILES string of the molecule is C[C@@H](Nc1nc(Nc2ccc([S@](C)=NS(=O)(=O)c3ccccc3)cc2)ncc1Br)C(C)(C)O. The highest BCUT2D eigenvalue weighted by molar-refractivity contribution is 9.10. The summed E-state index contributed by atoms with van der Waals surface area (Å²) < 4.78 is 29.7. The molecule has 8 nitrogen and oxygen atoms in total. The minimum Gasteiger partial charge on any atom is -0.388 e. The second-order valence-corrected chi connectivity index (χ2v) is 12.2. The number of sulfonamides is 1. The van der Waals surface area contributed by atoms with Crippen molar-refractivity contribution in [3.63, 3.8) is 0 Å². The molecule has 0 aliphatic carbocycles. The van der Waals surface area contributed by atoms with Crippen LogP contribution in [-0.4, -0.2) is 41.4 Å². The first-order valence-corrected chi connectivity index (χ1v) is 13.9. The molecule has 0 aliphatic heterocycles. The third-order valence-corrected chi connectivity index (χ3v) is 8.94. The monoisotopic (exact) mass is 551 g/mol. The summed E-state index contributed by atoms with van der Waals surface area (Å²) >= 11 is 3.42. The van der Waals surface area contributed by atoms with Crippen LogP contribution in [0.1, 0.15) is 20.8 Å². The first kappa shape index (κ1) is 25.3. The van der Waals surface area contributed by atoms with Crippen LogP contribution in [0.5, 0.6) is 0 Å². The van der Waals surface area contributed by atoms with Crippen LogP contribution in [0.3, 0.4) is 0 Å². The molecule has 33 heavy (non-hydrogen) atoms. The van der Waals surface area contributed by atoms with Crippen LogP contribution < -0.4 is 10.6 Å². The van der Waals surface area contributed by atoms with E-state index in [4.69, 9.17) is 0 Å². The number of rotatable bonds is 8. The van der Waals surface area contributed by atoms with E-state index in [-0.39, 0.29) is 10.9 Å². The van der Waals surface area contributed by atoms with Crippen LogP contribution in [0.2, 0.25) is 0 Å². The fraction of sp³-hybridized carbons (Fsp3) is 0.273. The minimum absolute atomic E-state index is 0.179. The smallest absolute Gasteiger partial charge is 0.288 e. The fourth-order valence-corrected chi connectivity index (χ4v) is 5.80. The van der Waals surface area contributed by atoms with Crippen LogP contribution in [-0.2, 0) is 20.7 Å². The molecule has 0 bridgehead atoms. The zero-order valence-electron chi connectivity index (χ0n) is 18.7. The van der Waals surface area contributed by atoms with Crippen molar-refractivity contribution in [3.8, 4) is 0 Å². The normalized spacial score (nSPS) is 14.0. The summed E-state index contributed by atoms with van der Waals surface area (Å²) in [6, 6.07) is 15.2. The molecule has 3 rings (SSSR count). The minimum atomic E-state index is -3.72. The van der Waals surface area contributed by atoms with E-state index in [1.807, 2.05) is 31.2 Å². The lowest BCUT2D eigenvalue weighted by Gasteiger charge is -2.27. The molecular formula is C22H26BrN5O3S2. The maximum atomic E-state index is 12.5.